The Morgan fingerprint density at radius 1 is 1.31 bits per heavy atom. The number of nitrogens with two attached hydrogens (primary N) is 1. The van der Waals surface area contributed by atoms with Crippen LogP contribution in [0, 0.1) is 13.8 Å². The van der Waals surface area contributed by atoms with Gasteiger partial charge in [-0.05, 0) is 32.0 Å². The van der Waals surface area contributed by atoms with Crippen molar-refractivity contribution in [1.82, 2.24) is 10.1 Å². The SMILES string of the molecule is Cc1ccc(C)c(-c2nc(CCN)no2)c1. The van der Waals surface area contributed by atoms with Crippen molar-refractivity contribution in [2.45, 2.75) is 20.3 Å². The van der Waals surface area contributed by atoms with Crippen molar-refractivity contribution in [3.63, 3.8) is 0 Å². The van der Waals surface area contributed by atoms with Crippen molar-refractivity contribution >= 4 is 0 Å². The average molecular weight is 217 g/mol. The minimum absolute atomic E-state index is 0.534. The van der Waals surface area contributed by atoms with Crippen molar-refractivity contribution in [1.29, 1.82) is 0 Å². The lowest BCUT2D eigenvalue weighted by Gasteiger charge is -2.01. The summed E-state index contributed by atoms with van der Waals surface area (Å²) in [6, 6.07) is 6.17. The quantitative estimate of drug-likeness (QED) is 0.852. The third kappa shape index (κ3) is 2.12. The van der Waals surface area contributed by atoms with E-state index in [9.17, 15) is 0 Å². The number of hydrogen-bond acceptors (Lipinski definition) is 4. The van der Waals surface area contributed by atoms with Crippen LogP contribution >= 0.6 is 0 Å². The number of hydrogen-bond donors (Lipinski definition) is 1. The molecule has 0 saturated carbocycles. The van der Waals surface area contributed by atoms with E-state index in [1.807, 2.05) is 13.8 Å². The number of benzene rings is 1. The first-order valence-electron chi connectivity index (χ1n) is 5.31. The molecule has 0 aliphatic rings. The van der Waals surface area contributed by atoms with Crippen LogP contribution in [0.3, 0.4) is 0 Å². The smallest absolute Gasteiger partial charge is 0.258 e. The highest BCUT2D eigenvalue weighted by Crippen LogP contribution is 2.22. The molecule has 0 radical (unpaired) electrons. The first-order chi connectivity index (χ1) is 7.70. The normalized spacial score (nSPS) is 10.7. The van der Waals surface area contributed by atoms with Crippen LogP contribution in [0.25, 0.3) is 11.5 Å². The molecule has 2 aromatic rings. The molecule has 0 aliphatic heterocycles. The summed E-state index contributed by atoms with van der Waals surface area (Å²) in [7, 11) is 0. The summed E-state index contributed by atoms with van der Waals surface area (Å²) in [4.78, 5) is 4.31. The van der Waals surface area contributed by atoms with E-state index in [1.165, 1.54) is 5.56 Å². The van der Waals surface area contributed by atoms with Gasteiger partial charge >= 0.3 is 0 Å². The third-order valence-corrected chi connectivity index (χ3v) is 2.46. The van der Waals surface area contributed by atoms with E-state index in [2.05, 4.69) is 28.3 Å². The van der Waals surface area contributed by atoms with Crippen LogP contribution in [0.5, 0.6) is 0 Å². The second kappa shape index (κ2) is 4.45. The van der Waals surface area contributed by atoms with Crippen LogP contribution in [0.4, 0.5) is 0 Å². The zero-order valence-electron chi connectivity index (χ0n) is 9.53. The Bertz CT molecular complexity index is 491. The summed E-state index contributed by atoms with van der Waals surface area (Å²) in [5.41, 5.74) is 8.75. The minimum Gasteiger partial charge on any atom is -0.334 e. The molecule has 4 heteroatoms. The van der Waals surface area contributed by atoms with Crippen molar-refractivity contribution in [3.8, 4) is 11.5 Å². The maximum atomic E-state index is 5.44. The Kier molecular flexibility index (Phi) is 3.01. The predicted octanol–water partition coefficient (Wildman–Crippen LogP) is 1.85. The molecule has 0 unspecified atom stereocenters. The van der Waals surface area contributed by atoms with E-state index >= 15 is 0 Å². The topological polar surface area (TPSA) is 64.9 Å². The fourth-order valence-corrected chi connectivity index (χ4v) is 1.56. The highest BCUT2D eigenvalue weighted by molar-refractivity contribution is 5.59. The highest BCUT2D eigenvalue weighted by Gasteiger charge is 2.10. The van der Waals surface area contributed by atoms with Crippen molar-refractivity contribution in [2.24, 2.45) is 5.73 Å². The number of aryl methyl sites for hydroxylation is 2. The molecule has 0 spiro atoms. The Balaban J connectivity index is 2.38. The molecule has 0 amide bonds. The third-order valence-electron chi connectivity index (χ3n) is 2.46. The molecule has 2 rings (SSSR count). The number of nitrogens with zero attached hydrogens (tertiary/aromatic N) is 2. The second-order valence-corrected chi connectivity index (χ2v) is 3.87. The lowest BCUT2D eigenvalue weighted by molar-refractivity contribution is 0.422. The minimum atomic E-state index is 0.534. The van der Waals surface area contributed by atoms with Crippen LogP contribution in [-0.2, 0) is 6.42 Å². The molecule has 2 N–H and O–H groups in total. The van der Waals surface area contributed by atoms with Gasteiger partial charge in [-0.1, -0.05) is 22.9 Å². The van der Waals surface area contributed by atoms with Crippen molar-refractivity contribution < 1.29 is 4.52 Å². The van der Waals surface area contributed by atoms with Crippen LogP contribution in [0.2, 0.25) is 0 Å². The maximum Gasteiger partial charge on any atom is 0.258 e. The van der Waals surface area contributed by atoms with Gasteiger partial charge in [-0.3, -0.25) is 0 Å². The van der Waals surface area contributed by atoms with Crippen LogP contribution in [0.1, 0.15) is 17.0 Å². The summed E-state index contributed by atoms with van der Waals surface area (Å²) in [5.74, 6) is 1.24. The molecule has 0 atom stereocenters. The van der Waals surface area contributed by atoms with Gasteiger partial charge in [-0.25, -0.2) is 0 Å². The summed E-state index contributed by atoms with van der Waals surface area (Å²) in [6.45, 7) is 4.60. The number of aromatic nitrogens is 2. The molecule has 0 fully saturated rings. The van der Waals surface area contributed by atoms with Crippen LogP contribution < -0.4 is 5.73 Å². The van der Waals surface area contributed by atoms with E-state index in [4.69, 9.17) is 10.3 Å². The van der Waals surface area contributed by atoms with Crippen molar-refractivity contribution in [2.75, 3.05) is 6.54 Å². The van der Waals surface area contributed by atoms with Crippen molar-refractivity contribution in [3.05, 3.63) is 35.2 Å². The summed E-state index contributed by atoms with van der Waals surface area (Å²) >= 11 is 0. The Morgan fingerprint density at radius 2 is 2.12 bits per heavy atom. The lowest BCUT2D eigenvalue weighted by atomic mass is 10.1. The molecule has 0 aliphatic carbocycles. The molecule has 84 valence electrons. The molecule has 0 saturated heterocycles. The van der Waals surface area contributed by atoms with Gasteiger partial charge in [-0.2, -0.15) is 4.98 Å². The molecule has 1 aromatic carbocycles. The fourth-order valence-electron chi connectivity index (χ4n) is 1.56. The molecule has 0 bridgehead atoms. The molecular weight excluding hydrogens is 202 g/mol. The van der Waals surface area contributed by atoms with Gasteiger partial charge in [-0.15, -0.1) is 0 Å². The van der Waals surface area contributed by atoms with Gasteiger partial charge in [0.25, 0.3) is 5.89 Å². The summed E-state index contributed by atoms with van der Waals surface area (Å²) < 4.78 is 5.22. The molecular formula is C12H15N3O. The van der Waals surface area contributed by atoms with E-state index in [1.54, 1.807) is 0 Å². The standard InChI is InChI=1S/C12H15N3O/c1-8-3-4-9(2)10(7-8)12-14-11(5-6-13)15-16-12/h3-4,7H,5-6,13H2,1-2H3. The van der Waals surface area contributed by atoms with Crippen LogP contribution in [-0.4, -0.2) is 16.7 Å². The Labute approximate surface area is 94.5 Å². The van der Waals surface area contributed by atoms with E-state index in [-0.39, 0.29) is 0 Å². The van der Waals surface area contributed by atoms with E-state index in [0.717, 1.165) is 11.1 Å². The highest BCUT2D eigenvalue weighted by atomic mass is 16.5. The van der Waals surface area contributed by atoms with Crippen LogP contribution in [0.15, 0.2) is 22.7 Å². The first kappa shape index (κ1) is 10.8. The zero-order valence-corrected chi connectivity index (χ0v) is 9.53. The predicted molar refractivity (Wildman–Crippen MR) is 62.0 cm³/mol. The van der Waals surface area contributed by atoms with Gasteiger partial charge in [0.2, 0.25) is 0 Å². The van der Waals surface area contributed by atoms with Gasteiger partial charge in [0.15, 0.2) is 5.82 Å². The van der Waals surface area contributed by atoms with E-state index < -0.39 is 0 Å². The zero-order chi connectivity index (χ0) is 11.5. The average Bonchev–Trinajstić information content (AvgIpc) is 2.71. The lowest BCUT2D eigenvalue weighted by Crippen LogP contribution is -2.03. The summed E-state index contributed by atoms with van der Waals surface area (Å²) in [5, 5.41) is 3.89. The first-order valence-corrected chi connectivity index (χ1v) is 5.31. The molecule has 16 heavy (non-hydrogen) atoms. The Hall–Kier alpha value is -1.68. The van der Waals surface area contributed by atoms with Gasteiger partial charge in [0.1, 0.15) is 0 Å². The second-order valence-electron chi connectivity index (χ2n) is 3.87. The fraction of sp³-hybridized carbons (Fsp3) is 0.333. The maximum absolute atomic E-state index is 5.44. The molecule has 1 aromatic heterocycles. The van der Waals surface area contributed by atoms with Gasteiger partial charge in [0, 0.05) is 12.0 Å². The van der Waals surface area contributed by atoms with E-state index in [0.29, 0.717) is 24.7 Å². The summed E-state index contributed by atoms with van der Waals surface area (Å²) in [6.07, 6.45) is 0.647. The monoisotopic (exact) mass is 217 g/mol. The largest absolute Gasteiger partial charge is 0.334 e. The molecule has 1 heterocycles. The molecule has 4 nitrogen and oxygen atoms in total. The van der Waals surface area contributed by atoms with Gasteiger partial charge in [0.05, 0.1) is 0 Å². The number of rotatable bonds is 3. The Morgan fingerprint density at radius 3 is 2.88 bits per heavy atom. The van der Waals surface area contributed by atoms with Gasteiger partial charge < -0.3 is 10.3 Å².